The van der Waals surface area contributed by atoms with Crippen LogP contribution in [0.1, 0.15) is 46.0 Å². The highest BCUT2D eigenvalue weighted by Gasteiger charge is 2.40. The molecular weight excluding hydrogens is 226 g/mol. The zero-order chi connectivity index (χ0) is 12.8. The summed E-state index contributed by atoms with van der Waals surface area (Å²) < 4.78 is 5.86. The molecule has 0 aromatic heterocycles. The van der Waals surface area contributed by atoms with E-state index in [1.165, 1.54) is 19.3 Å². The van der Waals surface area contributed by atoms with Gasteiger partial charge < -0.3 is 4.74 Å². The van der Waals surface area contributed by atoms with Gasteiger partial charge in [-0.2, -0.15) is 0 Å². The van der Waals surface area contributed by atoms with Crippen LogP contribution in [0.4, 0.5) is 0 Å². The molecule has 0 amide bonds. The highest BCUT2D eigenvalue weighted by atomic mass is 16.5. The molecule has 0 spiro atoms. The van der Waals surface area contributed by atoms with Crippen molar-refractivity contribution in [3.05, 3.63) is 0 Å². The monoisotopic (exact) mass is 251 g/mol. The molecular formula is C15H25NO2. The highest BCUT2D eigenvalue weighted by Crippen LogP contribution is 2.36. The molecule has 102 valence electrons. The first kappa shape index (κ1) is 12.6. The Morgan fingerprint density at radius 3 is 2.56 bits per heavy atom. The van der Waals surface area contributed by atoms with Gasteiger partial charge >= 0.3 is 0 Å². The van der Waals surface area contributed by atoms with Crippen molar-refractivity contribution in [2.24, 2.45) is 11.3 Å². The maximum absolute atomic E-state index is 12.4. The van der Waals surface area contributed by atoms with E-state index >= 15 is 0 Å². The Balaban J connectivity index is 1.61. The topological polar surface area (TPSA) is 29.5 Å². The lowest BCUT2D eigenvalue weighted by molar-refractivity contribution is -0.136. The van der Waals surface area contributed by atoms with Gasteiger partial charge in [0.15, 0.2) is 0 Å². The highest BCUT2D eigenvalue weighted by molar-refractivity contribution is 5.87. The van der Waals surface area contributed by atoms with Crippen LogP contribution in [0.5, 0.6) is 0 Å². The number of carbonyl (C=O) groups excluding carboxylic acids is 1. The van der Waals surface area contributed by atoms with Crippen molar-refractivity contribution < 1.29 is 9.53 Å². The number of likely N-dealkylation sites (tertiary alicyclic amines) is 1. The van der Waals surface area contributed by atoms with E-state index in [0.717, 1.165) is 32.5 Å². The molecule has 3 heteroatoms. The van der Waals surface area contributed by atoms with E-state index in [2.05, 4.69) is 18.7 Å². The standard InChI is InChI=1S/C15H25NO2/c1-15(2)7-3-4-11(14(15)17)8-16-9-12-5-6-13(10-16)18-12/h11-13H,3-10H2,1-2H3. The van der Waals surface area contributed by atoms with E-state index in [9.17, 15) is 4.79 Å². The molecule has 3 unspecified atom stereocenters. The predicted molar refractivity (Wildman–Crippen MR) is 70.5 cm³/mol. The molecule has 18 heavy (non-hydrogen) atoms. The molecule has 0 aromatic carbocycles. The fraction of sp³-hybridized carbons (Fsp3) is 0.933. The SMILES string of the molecule is CC1(C)CCCC(CN2CC3CCC(C2)O3)C1=O. The third-order valence-corrected chi connectivity index (χ3v) is 4.99. The normalized spacial score (nSPS) is 40.1. The minimum Gasteiger partial charge on any atom is -0.372 e. The number of ketones is 1. The van der Waals surface area contributed by atoms with Crippen LogP contribution in [-0.2, 0) is 9.53 Å². The number of carbonyl (C=O) groups is 1. The maximum Gasteiger partial charge on any atom is 0.142 e. The van der Waals surface area contributed by atoms with E-state index in [1.54, 1.807) is 0 Å². The van der Waals surface area contributed by atoms with Crippen LogP contribution in [0.3, 0.4) is 0 Å². The van der Waals surface area contributed by atoms with E-state index in [4.69, 9.17) is 4.74 Å². The number of rotatable bonds is 2. The van der Waals surface area contributed by atoms with Gasteiger partial charge in [-0.15, -0.1) is 0 Å². The summed E-state index contributed by atoms with van der Waals surface area (Å²) in [5.74, 6) is 0.763. The number of nitrogens with zero attached hydrogens (tertiary/aromatic N) is 1. The third kappa shape index (κ3) is 2.35. The van der Waals surface area contributed by atoms with E-state index in [0.29, 0.717) is 18.0 Å². The predicted octanol–water partition coefficient (Wildman–Crippen LogP) is 2.25. The molecule has 2 saturated heterocycles. The molecule has 0 radical (unpaired) electrons. The average molecular weight is 251 g/mol. The van der Waals surface area contributed by atoms with Crippen LogP contribution in [0, 0.1) is 11.3 Å². The summed E-state index contributed by atoms with van der Waals surface area (Å²) in [6, 6.07) is 0. The summed E-state index contributed by atoms with van der Waals surface area (Å²) in [5.41, 5.74) is -0.0891. The van der Waals surface area contributed by atoms with Crippen molar-refractivity contribution in [3.8, 4) is 0 Å². The molecule has 0 aromatic rings. The number of morpholine rings is 1. The average Bonchev–Trinajstić information content (AvgIpc) is 2.65. The van der Waals surface area contributed by atoms with Gasteiger partial charge in [0.05, 0.1) is 12.2 Å². The van der Waals surface area contributed by atoms with Crippen molar-refractivity contribution in [2.45, 2.75) is 58.2 Å². The molecule has 3 nitrogen and oxygen atoms in total. The fourth-order valence-electron chi connectivity index (χ4n) is 3.93. The second-order valence-electron chi connectivity index (χ2n) is 7.01. The first-order valence-electron chi connectivity index (χ1n) is 7.47. The molecule has 2 aliphatic heterocycles. The Hall–Kier alpha value is -0.410. The maximum atomic E-state index is 12.4. The molecule has 1 saturated carbocycles. The Labute approximate surface area is 110 Å². The van der Waals surface area contributed by atoms with Gasteiger partial charge in [-0.25, -0.2) is 0 Å². The smallest absolute Gasteiger partial charge is 0.142 e. The molecule has 3 rings (SSSR count). The second-order valence-corrected chi connectivity index (χ2v) is 7.01. The van der Waals surface area contributed by atoms with Crippen LogP contribution in [0.25, 0.3) is 0 Å². The van der Waals surface area contributed by atoms with Crippen molar-refractivity contribution in [1.82, 2.24) is 4.90 Å². The van der Waals surface area contributed by atoms with Crippen molar-refractivity contribution in [2.75, 3.05) is 19.6 Å². The third-order valence-electron chi connectivity index (χ3n) is 4.99. The minimum atomic E-state index is -0.0891. The summed E-state index contributed by atoms with van der Waals surface area (Å²) in [7, 11) is 0. The van der Waals surface area contributed by atoms with Gasteiger partial charge in [0.2, 0.25) is 0 Å². The van der Waals surface area contributed by atoms with Crippen LogP contribution in [0.15, 0.2) is 0 Å². The van der Waals surface area contributed by atoms with Gasteiger partial charge in [0, 0.05) is 31.0 Å². The quantitative estimate of drug-likeness (QED) is 0.754. The Morgan fingerprint density at radius 1 is 1.22 bits per heavy atom. The van der Waals surface area contributed by atoms with E-state index < -0.39 is 0 Å². The summed E-state index contributed by atoms with van der Waals surface area (Å²) in [5, 5.41) is 0. The van der Waals surface area contributed by atoms with E-state index in [1.807, 2.05) is 0 Å². The summed E-state index contributed by atoms with van der Waals surface area (Å²) >= 11 is 0. The number of Topliss-reactive ketones (excluding diaryl/α,β-unsaturated/α-hetero) is 1. The zero-order valence-corrected chi connectivity index (χ0v) is 11.7. The number of hydrogen-bond acceptors (Lipinski definition) is 3. The lowest BCUT2D eigenvalue weighted by Crippen LogP contribution is -2.48. The summed E-state index contributed by atoms with van der Waals surface area (Å²) in [6.07, 6.45) is 6.67. The van der Waals surface area contributed by atoms with Gasteiger partial charge in [-0.1, -0.05) is 20.3 Å². The first-order chi connectivity index (χ1) is 8.54. The second kappa shape index (κ2) is 4.61. The summed E-state index contributed by atoms with van der Waals surface area (Å²) in [6.45, 7) is 7.29. The van der Waals surface area contributed by atoms with Gasteiger partial charge in [0.25, 0.3) is 0 Å². The Kier molecular flexibility index (Phi) is 3.23. The number of hydrogen-bond donors (Lipinski definition) is 0. The van der Waals surface area contributed by atoms with Crippen molar-refractivity contribution in [1.29, 1.82) is 0 Å². The van der Waals surface area contributed by atoms with Crippen LogP contribution in [0.2, 0.25) is 0 Å². The summed E-state index contributed by atoms with van der Waals surface area (Å²) in [4.78, 5) is 14.9. The molecule has 2 bridgehead atoms. The van der Waals surface area contributed by atoms with Crippen LogP contribution in [-0.4, -0.2) is 42.5 Å². The van der Waals surface area contributed by atoms with Crippen molar-refractivity contribution in [3.63, 3.8) is 0 Å². The molecule has 3 fully saturated rings. The van der Waals surface area contributed by atoms with Gasteiger partial charge in [0.1, 0.15) is 5.78 Å². The fourth-order valence-corrected chi connectivity index (χ4v) is 3.93. The number of ether oxygens (including phenoxy) is 1. The Morgan fingerprint density at radius 2 is 1.89 bits per heavy atom. The van der Waals surface area contributed by atoms with E-state index in [-0.39, 0.29) is 11.3 Å². The molecule has 1 aliphatic carbocycles. The number of fused-ring (bicyclic) bond motifs is 2. The lowest BCUT2D eigenvalue weighted by Gasteiger charge is -2.38. The van der Waals surface area contributed by atoms with Crippen LogP contribution >= 0.6 is 0 Å². The molecule has 3 atom stereocenters. The van der Waals surface area contributed by atoms with Crippen molar-refractivity contribution >= 4 is 5.78 Å². The van der Waals surface area contributed by atoms with Crippen LogP contribution < -0.4 is 0 Å². The Bertz CT molecular complexity index is 327. The molecule has 0 N–H and O–H groups in total. The molecule has 3 aliphatic rings. The zero-order valence-electron chi connectivity index (χ0n) is 11.7. The van der Waals surface area contributed by atoms with Gasteiger partial charge in [-0.05, 0) is 25.7 Å². The minimum absolute atomic E-state index is 0.0891. The lowest BCUT2D eigenvalue weighted by atomic mass is 9.71. The largest absolute Gasteiger partial charge is 0.372 e. The first-order valence-corrected chi connectivity index (χ1v) is 7.47. The molecule has 2 heterocycles. The van der Waals surface area contributed by atoms with Gasteiger partial charge in [-0.3, -0.25) is 9.69 Å².